The maximum atomic E-state index is 14.3. The molecule has 11 nitrogen and oxygen atoms in total. The van der Waals surface area contributed by atoms with Gasteiger partial charge in [0.15, 0.2) is 0 Å². The molecule has 0 unspecified atom stereocenters. The molecule has 1 saturated heterocycles. The molecular formula is C14H19F7N2O9S3. The predicted octanol–water partition coefficient (Wildman–Crippen LogP) is 0.117. The molecule has 0 spiro atoms. The van der Waals surface area contributed by atoms with E-state index in [2.05, 4.69) is 6.58 Å². The number of carbonyl (C=O) groups is 1. The van der Waals surface area contributed by atoms with Crippen molar-refractivity contribution in [3.05, 3.63) is 12.2 Å². The minimum atomic E-state index is -7.29. The number of aliphatic hydroxyl groups is 1. The molecule has 206 valence electrons. The predicted molar refractivity (Wildman–Crippen MR) is 102 cm³/mol. The molecule has 0 aromatic heterocycles. The Bertz CT molecular complexity index is 1130. The van der Waals surface area contributed by atoms with Gasteiger partial charge in [0, 0.05) is 13.1 Å². The van der Waals surface area contributed by atoms with Crippen LogP contribution in [0.5, 0.6) is 0 Å². The largest absolute Gasteiger partial charge is 0.462 e. The molecule has 0 radical (unpaired) electrons. The third-order valence-electron chi connectivity index (χ3n) is 4.62. The van der Waals surface area contributed by atoms with E-state index in [1.165, 1.54) is 0 Å². The van der Waals surface area contributed by atoms with Gasteiger partial charge in [0.1, 0.15) is 0 Å². The molecule has 0 amide bonds. The first-order valence-corrected chi connectivity index (χ1v) is 13.6. The van der Waals surface area contributed by atoms with Crippen LogP contribution < -0.4 is 4.13 Å². The zero-order valence-electron chi connectivity index (χ0n) is 17.3. The first kappa shape index (κ1) is 31.5. The van der Waals surface area contributed by atoms with E-state index in [9.17, 15) is 60.8 Å². The lowest BCUT2D eigenvalue weighted by Crippen LogP contribution is -2.65. The fourth-order valence-electron chi connectivity index (χ4n) is 2.58. The number of nitrogens with one attached hydrogen (secondary N) is 1. The number of alkyl halides is 7. The lowest BCUT2D eigenvalue weighted by molar-refractivity contribution is -0.245. The monoisotopic (exact) mass is 588 g/mol. The van der Waals surface area contributed by atoms with E-state index in [0.29, 0.717) is 0 Å². The van der Waals surface area contributed by atoms with Crippen LogP contribution in [0.2, 0.25) is 0 Å². The summed E-state index contributed by atoms with van der Waals surface area (Å²) in [5.74, 6) is -8.95. The number of halogens is 7. The van der Waals surface area contributed by atoms with Gasteiger partial charge in [-0.25, -0.2) is 34.4 Å². The molecule has 21 heteroatoms. The van der Waals surface area contributed by atoms with E-state index in [4.69, 9.17) is 9.84 Å². The lowest BCUT2D eigenvalue weighted by Gasteiger charge is -2.37. The van der Waals surface area contributed by atoms with Crippen molar-refractivity contribution in [1.82, 2.24) is 8.43 Å². The van der Waals surface area contributed by atoms with Crippen molar-refractivity contribution in [3.8, 4) is 0 Å². The molecule has 1 fully saturated rings. The Labute approximate surface area is 195 Å². The molecule has 2 N–H and O–H groups in total. The van der Waals surface area contributed by atoms with E-state index in [-0.39, 0.29) is 26.8 Å². The Balaban J connectivity index is 3.11. The standard InChI is InChI=1S/C14H19F7N2O9S3/c1-9(6-24)11(25)32-7-10-2-4-23(5-3-10)35(30,31)14(20,21)12(16,17)13(18,19)34(28,29)22-33(26,27)8-15/h10,22,24H,1-8H2. The molecule has 1 rings (SSSR count). The van der Waals surface area contributed by atoms with Crippen LogP contribution in [-0.2, 0) is 39.6 Å². The van der Waals surface area contributed by atoms with E-state index in [0.717, 1.165) is 0 Å². The minimum Gasteiger partial charge on any atom is -0.462 e. The number of ether oxygens (including phenoxy) is 1. The summed E-state index contributed by atoms with van der Waals surface area (Å²) in [4.78, 5) is 11.4. The van der Waals surface area contributed by atoms with Crippen LogP contribution >= 0.6 is 0 Å². The molecule has 1 aliphatic rings. The summed E-state index contributed by atoms with van der Waals surface area (Å²) in [6.07, 6.45) is -0.768. The molecule has 1 aliphatic heterocycles. The summed E-state index contributed by atoms with van der Waals surface area (Å²) in [6, 6.07) is -2.71. The van der Waals surface area contributed by atoms with Crippen molar-refractivity contribution in [1.29, 1.82) is 0 Å². The summed E-state index contributed by atoms with van der Waals surface area (Å²) in [6.45, 7) is 0.102. The number of rotatable bonds is 12. The third kappa shape index (κ3) is 6.06. The van der Waals surface area contributed by atoms with Gasteiger partial charge >= 0.3 is 22.4 Å². The normalized spacial score (nSPS) is 17.8. The summed E-state index contributed by atoms with van der Waals surface area (Å²) >= 11 is 0. The Hall–Kier alpha value is -1.55. The van der Waals surface area contributed by atoms with Crippen LogP contribution in [0.4, 0.5) is 30.7 Å². The van der Waals surface area contributed by atoms with Gasteiger partial charge in [0.25, 0.3) is 30.1 Å². The Morgan fingerprint density at radius 1 is 1.00 bits per heavy atom. The quantitative estimate of drug-likeness (QED) is 0.183. The first-order chi connectivity index (χ1) is 15.6. The number of aliphatic hydroxyl groups excluding tert-OH is 1. The highest BCUT2D eigenvalue weighted by molar-refractivity contribution is 8.05. The van der Waals surface area contributed by atoms with Crippen LogP contribution in [0.1, 0.15) is 12.8 Å². The van der Waals surface area contributed by atoms with Crippen LogP contribution in [0.25, 0.3) is 0 Å². The molecule has 1 heterocycles. The second kappa shape index (κ2) is 10.4. The molecule has 0 aromatic carbocycles. The van der Waals surface area contributed by atoms with Crippen molar-refractivity contribution in [2.45, 2.75) is 29.3 Å². The summed E-state index contributed by atoms with van der Waals surface area (Å²) in [7, 11) is -19.8. The van der Waals surface area contributed by atoms with E-state index in [1.54, 1.807) is 0 Å². The molecule has 35 heavy (non-hydrogen) atoms. The number of sulfonamides is 3. The average molecular weight is 588 g/mol. The smallest absolute Gasteiger partial charge is 0.429 e. The summed E-state index contributed by atoms with van der Waals surface area (Å²) < 4.78 is 170. The Kier molecular flexibility index (Phi) is 9.39. The topological polar surface area (TPSA) is 164 Å². The van der Waals surface area contributed by atoms with Gasteiger partial charge in [-0.05, 0) is 18.8 Å². The van der Waals surface area contributed by atoms with Crippen molar-refractivity contribution < 1.29 is 70.6 Å². The van der Waals surface area contributed by atoms with Gasteiger partial charge in [0.2, 0.25) is 6.01 Å². The number of nitrogens with zero attached hydrogens (tertiary/aromatic N) is 1. The lowest BCUT2D eigenvalue weighted by atomic mass is 9.99. The minimum absolute atomic E-state index is 0.193. The first-order valence-electron chi connectivity index (χ1n) is 9.02. The van der Waals surface area contributed by atoms with Crippen LogP contribution in [0, 0.1) is 5.92 Å². The maximum absolute atomic E-state index is 14.3. The van der Waals surface area contributed by atoms with Crippen LogP contribution in [0.3, 0.4) is 0 Å². The maximum Gasteiger partial charge on any atom is 0.429 e. The molecule has 0 saturated carbocycles. The molecule has 0 aromatic rings. The van der Waals surface area contributed by atoms with Crippen molar-refractivity contribution in [2.75, 3.05) is 32.3 Å². The second-order valence-corrected chi connectivity index (χ2v) is 12.7. The Morgan fingerprint density at radius 2 is 1.49 bits per heavy atom. The fraction of sp³-hybridized carbons (Fsp3) is 0.786. The SMILES string of the molecule is C=C(CO)C(=O)OCC1CCN(S(=O)(=O)C(F)(F)C(F)(F)C(F)(F)S(=O)(=O)NS(=O)(=O)CF)CC1. The van der Waals surface area contributed by atoms with Crippen molar-refractivity contribution >= 4 is 36.0 Å². The highest BCUT2D eigenvalue weighted by Crippen LogP contribution is 2.51. The molecular weight excluding hydrogens is 569 g/mol. The van der Waals surface area contributed by atoms with Gasteiger partial charge in [-0.1, -0.05) is 6.58 Å². The average Bonchev–Trinajstić information content (AvgIpc) is 2.75. The van der Waals surface area contributed by atoms with Gasteiger partial charge in [-0.15, -0.1) is 4.13 Å². The Morgan fingerprint density at radius 3 is 1.91 bits per heavy atom. The summed E-state index contributed by atoms with van der Waals surface area (Å²) in [5, 5.41) is -5.09. The number of hydrogen-bond donors (Lipinski definition) is 2. The molecule has 0 aliphatic carbocycles. The fourth-order valence-corrected chi connectivity index (χ4v) is 6.51. The van der Waals surface area contributed by atoms with Crippen LogP contribution in [-0.4, -0.2) is 89.4 Å². The number of esters is 1. The zero-order chi connectivity index (χ0) is 27.7. The second-order valence-electron chi connectivity index (χ2n) is 7.13. The molecule has 0 bridgehead atoms. The number of piperidine rings is 1. The van der Waals surface area contributed by atoms with E-state index in [1.807, 2.05) is 0 Å². The number of hydrogen-bond acceptors (Lipinski definition) is 9. The summed E-state index contributed by atoms with van der Waals surface area (Å²) in [5.41, 5.74) is -0.337. The third-order valence-corrected chi connectivity index (χ3v) is 9.68. The van der Waals surface area contributed by atoms with Gasteiger partial charge in [-0.2, -0.15) is 30.6 Å². The number of carbonyl (C=O) groups excluding carboxylic acids is 1. The zero-order valence-corrected chi connectivity index (χ0v) is 19.7. The van der Waals surface area contributed by atoms with Crippen molar-refractivity contribution in [3.63, 3.8) is 0 Å². The van der Waals surface area contributed by atoms with Crippen molar-refractivity contribution in [2.24, 2.45) is 5.92 Å². The van der Waals surface area contributed by atoms with E-state index < -0.39 is 90.7 Å². The van der Waals surface area contributed by atoms with Gasteiger partial charge in [0.05, 0.1) is 18.8 Å². The highest BCUT2D eigenvalue weighted by atomic mass is 32.3. The highest BCUT2D eigenvalue weighted by Gasteiger charge is 2.82. The van der Waals surface area contributed by atoms with Crippen LogP contribution in [0.15, 0.2) is 12.2 Å². The van der Waals surface area contributed by atoms with Gasteiger partial charge < -0.3 is 9.84 Å². The van der Waals surface area contributed by atoms with Gasteiger partial charge in [-0.3, -0.25) is 0 Å². The van der Waals surface area contributed by atoms with E-state index >= 15 is 0 Å². The molecule has 0 atom stereocenters.